The highest BCUT2D eigenvalue weighted by atomic mass is 16.2. The number of aromatic nitrogens is 2. The molecular formula is C12H20N4O. The molecule has 5 nitrogen and oxygen atoms in total. The van der Waals surface area contributed by atoms with Gasteiger partial charge in [0.15, 0.2) is 0 Å². The predicted octanol–water partition coefficient (Wildman–Crippen LogP) is 0.775. The number of carbonyl (C=O) groups excluding carboxylic acids is 1. The van der Waals surface area contributed by atoms with E-state index in [2.05, 4.69) is 15.3 Å². The van der Waals surface area contributed by atoms with Crippen LogP contribution >= 0.6 is 0 Å². The van der Waals surface area contributed by atoms with Gasteiger partial charge in [-0.05, 0) is 12.3 Å². The fraction of sp³-hybridized carbons (Fsp3) is 0.583. The average molecular weight is 236 g/mol. The monoisotopic (exact) mass is 236 g/mol. The van der Waals surface area contributed by atoms with Gasteiger partial charge in [0.1, 0.15) is 0 Å². The van der Waals surface area contributed by atoms with Gasteiger partial charge in [0, 0.05) is 6.20 Å². The molecule has 0 fully saturated rings. The molecule has 94 valence electrons. The van der Waals surface area contributed by atoms with Crippen molar-refractivity contribution >= 4 is 5.91 Å². The van der Waals surface area contributed by atoms with Gasteiger partial charge in [-0.1, -0.05) is 20.8 Å². The zero-order valence-corrected chi connectivity index (χ0v) is 10.8. The van der Waals surface area contributed by atoms with Crippen molar-refractivity contribution in [3.05, 3.63) is 23.8 Å². The molecule has 3 N–H and O–H groups in total. The van der Waals surface area contributed by atoms with E-state index in [9.17, 15) is 4.79 Å². The first-order chi connectivity index (χ1) is 7.80. The molecule has 0 radical (unpaired) electrons. The van der Waals surface area contributed by atoms with E-state index in [0.717, 1.165) is 11.4 Å². The first kappa shape index (κ1) is 13.6. The first-order valence-electron chi connectivity index (χ1n) is 5.61. The van der Waals surface area contributed by atoms with Gasteiger partial charge in [-0.2, -0.15) is 0 Å². The fourth-order valence-corrected chi connectivity index (χ4v) is 1.19. The van der Waals surface area contributed by atoms with Crippen LogP contribution in [0.1, 0.15) is 32.2 Å². The lowest BCUT2D eigenvalue weighted by Gasteiger charge is -2.25. The summed E-state index contributed by atoms with van der Waals surface area (Å²) in [5.74, 6) is -0.167. The van der Waals surface area contributed by atoms with Crippen molar-refractivity contribution in [1.82, 2.24) is 15.3 Å². The van der Waals surface area contributed by atoms with Crippen LogP contribution in [0.3, 0.4) is 0 Å². The number of nitrogens with zero attached hydrogens (tertiary/aromatic N) is 2. The molecule has 1 aromatic rings. The van der Waals surface area contributed by atoms with Crippen molar-refractivity contribution in [2.24, 2.45) is 11.1 Å². The van der Waals surface area contributed by atoms with Crippen molar-refractivity contribution in [2.45, 2.75) is 40.3 Å². The quantitative estimate of drug-likeness (QED) is 0.812. The van der Waals surface area contributed by atoms with Crippen molar-refractivity contribution in [3.8, 4) is 0 Å². The molecule has 0 saturated carbocycles. The third kappa shape index (κ3) is 4.11. The van der Waals surface area contributed by atoms with Crippen molar-refractivity contribution < 1.29 is 4.79 Å². The summed E-state index contributed by atoms with van der Waals surface area (Å²) in [6, 6.07) is -0.527. The summed E-state index contributed by atoms with van der Waals surface area (Å²) in [4.78, 5) is 20.0. The summed E-state index contributed by atoms with van der Waals surface area (Å²) in [5, 5.41) is 2.76. The van der Waals surface area contributed by atoms with Crippen LogP contribution in [0.25, 0.3) is 0 Å². The summed E-state index contributed by atoms with van der Waals surface area (Å²) in [6.45, 7) is 8.02. The number of nitrogens with two attached hydrogens (primary N) is 1. The van der Waals surface area contributed by atoms with E-state index in [0.29, 0.717) is 6.54 Å². The van der Waals surface area contributed by atoms with Gasteiger partial charge in [-0.3, -0.25) is 14.8 Å². The zero-order valence-electron chi connectivity index (χ0n) is 10.8. The van der Waals surface area contributed by atoms with E-state index in [1.165, 1.54) is 0 Å². The minimum absolute atomic E-state index is 0.167. The number of amides is 1. The minimum atomic E-state index is -0.527. The Hall–Kier alpha value is -1.49. The Kier molecular flexibility index (Phi) is 4.17. The van der Waals surface area contributed by atoms with Gasteiger partial charge >= 0.3 is 0 Å². The lowest BCUT2D eigenvalue weighted by Crippen LogP contribution is -2.48. The second-order valence-electron chi connectivity index (χ2n) is 5.21. The maximum Gasteiger partial charge on any atom is 0.237 e. The molecule has 1 amide bonds. The molecule has 1 aromatic heterocycles. The molecule has 1 rings (SSSR count). The lowest BCUT2D eigenvalue weighted by molar-refractivity contribution is -0.124. The third-order valence-electron chi connectivity index (χ3n) is 2.49. The normalized spacial score (nSPS) is 13.2. The van der Waals surface area contributed by atoms with Gasteiger partial charge in [-0.25, -0.2) is 0 Å². The molecule has 0 saturated heterocycles. The van der Waals surface area contributed by atoms with Gasteiger partial charge in [0.05, 0.1) is 30.2 Å². The molecular weight excluding hydrogens is 216 g/mol. The SMILES string of the molecule is Cc1cnc(CNC(=O)[C@@H](N)C(C)(C)C)cn1. The molecule has 0 aliphatic rings. The van der Waals surface area contributed by atoms with Gasteiger partial charge in [0.25, 0.3) is 0 Å². The third-order valence-corrected chi connectivity index (χ3v) is 2.49. The number of hydrogen-bond acceptors (Lipinski definition) is 4. The highest BCUT2D eigenvalue weighted by Crippen LogP contribution is 2.17. The fourth-order valence-electron chi connectivity index (χ4n) is 1.19. The smallest absolute Gasteiger partial charge is 0.237 e. The van der Waals surface area contributed by atoms with E-state index < -0.39 is 6.04 Å². The van der Waals surface area contributed by atoms with Crippen LogP contribution in [-0.4, -0.2) is 21.9 Å². The second-order valence-corrected chi connectivity index (χ2v) is 5.21. The Labute approximate surface area is 102 Å². The summed E-state index contributed by atoms with van der Waals surface area (Å²) in [6.07, 6.45) is 3.32. The molecule has 17 heavy (non-hydrogen) atoms. The van der Waals surface area contributed by atoms with Crippen LogP contribution in [0.5, 0.6) is 0 Å². The summed E-state index contributed by atoms with van der Waals surface area (Å²) in [7, 11) is 0. The van der Waals surface area contributed by atoms with Crippen LogP contribution < -0.4 is 11.1 Å². The van der Waals surface area contributed by atoms with Crippen LogP contribution in [0.15, 0.2) is 12.4 Å². The molecule has 0 spiro atoms. The van der Waals surface area contributed by atoms with E-state index >= 15 is 0 Å². The van der Waals surface area contributed by atoms with Gasteiger partial charge < -0.3 is 11.1 Å². The number of hydrogen-bond donors (Lipinski definition) is 2. The molecule has 1 atom stereocenters. The van der Waals surface area contributed by atoms with Crippen LogP contribution in [0.2, 0.25) is 0 Å². The Morgan fingerprint density at radius 2 is 2.06 bits per heavy atom. The summed E-state index contributed by atoms with van der Waals surface area (Å²) < 4.78 is 0. The highest BCUT2D eigenvalue weighted by molar-refractivity contribution is 5.82. The Bertz CT molecular complexity index is 380. The van der Waals surface area contributed by atoms with E-state index in [1.807, 2.05) is 27.7 Å². The molecule has 0 bridgehead atoms. The summed E-state index contributed by atoms with van der Waals surface area (Å²) in [5.41, 5.74) is 7.17. The predicted molar refractivity (Wildman–Crippen MR) is 66.0 cm³/mol. The standard InChI is InChI=1S/C12H20N4O/c1-8-5-15-9(6-14-8)7-16-11(17)10(13)12(2,3)4/h5-6,10H,7,13H2,1-4H3,(H,16,17)/t10-/m1/s1. The van der Waals surface area contributed by atoms with E-state index in [-0.39, 0.29) is 11.3 Å². The van der Waals surface area contributed by atoms with Gasteiger partial charge in [0.2, 0.25) is 5.91 Å². The minimum Gasteiger partial charge on any atom is -0.349 e. The number of nitrogens with one attached hydrogen (secondary N) is 1. The maximum absolute atomic E-state index is 11.7. The molecule has 1 heterocycles. The van der Waals surface area contributed by atoms with Gasteiger partial charge in [-0.15, -0.1) is 0 Å². The van der Waals surface area contributed by atoms with Crippen LogP contribution in [0.4, 0.5) is 0 Å². The highest BCUT2D eigenvalue weighted by Gasteiger charge is 2.27. The largest absolute Gasteiger partial charge is 0.349 e. The Morgan fingerprint density at radius 1 is 1.41 bits per heavy atom. The average Bonchev–Trinajstić information content (AvgIpc) is 2.25. The summed E-state index contributed by atoms with van der Waals surface area (Å²) >= 11 is 0. The Morgan fingerprint density at radius 3 is 2.53 bits per heavy atom. The van der Waals surface area contributed by atoms with Crippen molar-refractivity contribution in [1.29, 1.82) is 0 Å². The first-order valence-corrected chi connectivity index (χ1v) is 5.61. The maximum atomic E-state index is 11.7. The molecule has 0 aliphatic heterocycles. The molecule has 0 aliphatic carbocycles. The van der Waals surface area contributed by atoms with E-state index in [1.54, 1.807) is 12.4 Å². The van der Waals surface area contributed by atoms with Crippen molar-refractivity contribution in [3.63, 3.8) is 0 Å². The van der Waals surface area contributed by atoms with Crippen LogP contribution in [-0.2, 0) is 11.3 Å². The molecule has 0 aromatic carbocycles. The zero-order chi connectivity index (χ0) is 13.1. The van der Waals surface area contributed by atoms with Crippen molar-refractivity contribution in [2.75, 3.05) is 0 Å². The molecule has 0 unspecified atom stereocenters. The topological polar surface area (TPSA) is 80.9 Å². The van der Waals surface area contributed by atoms with E-state index in [4.69, 9.17) is 5.73 Å². The molecule has 5 heteroatoms. The number of carbonyl (C=O) groups is 1. The Balaban J connectivity index is 2.51. The second kappa shape index (κ2) is 5.23. The number of aryl methyl sites for hydroxylation is 1. The number of rotatable bonds is 3. The van der Waals surface area contributed by atoms with Crippen LogP contribution in [0, 0.1) is 12.3 Å². The lowest BCUT2D eigenvalue weighted by atomic mass is 9.87.